The summed E-state index contributed by atoms with van der Waals surface area (Å²) in [7, 11) is 1.58. The molecule has 1 aliphatic heterocycles. The Bertz CT molecular complexity index is 471. The van der Waals surface area contributed by atoms with Gasteiger partial charge in [0.1, 0.15) is 11.5 Å². The number of ether oxygens (including phenoxy) is 3. The van der Waals surface area contributed by atoms with Crippen molar-refractivity contribution in [3.8, 4) is 17.2 Å². The quantitative estimate of drug-likeness (QED) is 0.860. The molecule has 0 bridgehead atoms. The highest BCUT2D eigenvalue weighted by molar-refractivity contribution is 9.10. The molecule has 0 fully saturated rings. The lowest BCUT2D eigenvalue weighted by Gasteiger charge is -2.16. The average molecular weight is 315 g/mol. The Morgan fingerprint density at radius 3 is 2.83 bits per heavy atom. The maximum absolute atomic E-state index is 11.4. The number of hydrogen-bond acceptors (Lipinski definition) is 4. The second kappa shape index (κ2) is 5.61. The summed E-state index contributed by atoms with van der Waals surface area (Å²) >= 11 is 3.43. The Morgan fingerprint density at radius 2 is 2.17 bits per heavy atom. The molecule has 1 heterocycles. The van der Waals surface area contributed by atoms with E-state index in [1.165, 1.54) is 0 Å². The van der Waals surface area contributed by atoms with Gasteiger partial charge in [-0.1, -0.05) is 0 Å². The van der Waals surface area contributed by atoms with Gasteiger partial charge in [0.25, 0.3) is 0 Å². The number of carbonyl (C=O) groups is 1. The van der Waals surface area contributed by atoms with Crippen molar-refractivity contribution < 1.29 is 19.0 Å². The fraction of sp³-hybridized carbons (Fsp3) is 0.462. The molecule has 0 saturated carbocycles. The van der Waals surface area contributed by atoms with Gasteiger partial charge in [-0.25, -0.2) is 0 Å². The molecule has 0 spiro atoms. The Hall–Kier alpha value is -1.23. The maximum atomic E-state index is 11.4. The normalized spacial score (nSPS) is 13.9. The Morgan fingerprint density at radius 1 is 1.44 bits per heavy atom. The standard InChI is InChI=1S/C13H15BrO4/c1-8(15)6-9-12(16-2)10(14)7-11-13(9)18-5-3-4-17-11/h7H,3-6H2,1-2H3. The molecule has 0 aromatic heterocycles. The monoisotopic (exact) mass is 314 g/mol. The van der Waals surface area contributed by atoms with Crippen molar-refractivity contribution in [1.29, 1.82) is 0 Å². The molecule has 0 radical (unpaired) electrons. The van der Waals surface area contributed by atoms with Gasteiger partial charge in [0, 0.05) is 24.5 Å². The summed E-state index contributed by atoms with van der Waals surface area (Å²) in [6, 6.07) is 1.82. The minimum absolute atomic E-state index is 0.0569. The molecule has 18 heavy (non-hydrogen) atoms. The number of benzene rings is 1. The summed E-state index contributed by atoms with van der Waals surface area (Å²) in [5, 5.41) is 0. The van der Waals surface area contributed by atoms with Gasteiger partial charge >= 0.3 is 0 Å². The highest BCUT2D eigenvalue weighted by Gasteiger charge is 2.22. The Labute approximate surface area is 114 Å². The van der Waals surface area contributed by atoms with Crippen LogP contribution in [0.5, 0.6) is 17.2 Å². The average Bonchev–Trinajstić information content (AvgIpc) is 2.53. The molecule has 0 atom stereocenters. The molecule has 4 nitrogen and oxygen atoms in total. The third-order valence-corrected chi connectivity index (χ3v) is 3.26. The minimum atomic E-state index is 0.0569. The van der Waals surface area contributed by atoms with Gasteiger partial charge in [-0.15, -0.1) is 0 Å². The van der Waals surface area contributed by atoms with Crippen LogP contribution in [0.15, 0.2) is 10.5 Å². The topological polar surface area (TPSA) is 44.8 Å². The first-order chi connectivity index (χ1) is 8.63. The highest BCUT2D eigenvalue weighted by Crippen LogP contribution is 2.44. The third-order valence-electron chi connectivity index (χ3n) is 2.67. The van der Waals surface area contributed by atoms with Gasteiger partial charge < -0.3 is 14.2 Å². The van der Waals surface area contributed by atoms with Crippen molar-refractivity contribution in [1.82, 2.24) is 0 Å². The summed E-state index contributed by atoms with van der Waals surface area (Å²) in [5.74, 6) is 1.98. The zero-order valence-corrected chi connectivity index (χ0v) is 12.0. The predicted octanol–water partition coefficient (Wildman–Crippen LogP) is 2.75. The van der Waals surface area contributed by atoms with E-state index in [1.807, 2.05) is 6.07 Å². The van der Waals surface area contributed by atoms with E-state index in [-0.39, 0.29) is 12.2 Å². The molecule has 0 saturated heterocycles. The second-order valence-electron chi connectivity index (χ2n) is 4.13. The molecule has 0 unspecified atom stereocenters. The molecular weight excluding hydrogens is 300 g/mol. The fourth-order valence-corrected chi connectivity index (χ4v) is 2.56. The lowest BCUT2D eigenvalue weighted by Crippen LogP contribution is -2.05. The number of ketones is 1. The lowest BCUT2D eigenvalue weighted by molar-refractivity contribution is -0.116. The van der Waals surface area contributed by atoms with Crippen LogP contribution >= 0.6 is 15.9 Å². The fourth-order valence-electron chi connectivity index (χ4n) is 1.95. The van der Waals surface area contributed by atoms with Gasteiger partial charge in [-0.05, 0) is 22.9 Å². The van der Waals surface area contributed by atoms with E-state index in [2.05, 4.69) is 15.9 Å². The van der Waals surface area contributed by atoms with Crippen LogP contribution < -0.4 is 14.2 Å². The van der Waals surface area contributed by atoms with E-state index in [9.17, 15) is 4.79 Å². The first-order valence-corrected chi connectivity index (χ1v) is 6.57. The summed E-state index contributed by atoms with van der Waals surface area (Å²) in [6.07, 6.45) is 1.10. The van der Waals surface area contributed by atoms with Crippen molar-refractivity contribution in [2.24, 2.45) is 0 Å². The van der Waals surface area contributed by atoms with Gasteiger partial charge in [-0.2, -0.15) is 0 Å². The van der Waals surface area contributed by atoms with E-state index in [0.29, 0.717) is 30.5 Å². The van der Waals surface area contributed by atoms with Crippen LogP contribution in [0.3, 0.4) is 0 Å². The summed E-state index contributed by atoms with van der Waals surface area (Å²) < 4.78 is 17.4. The number of fused-ring (bicyclic) bond motifs is 1. The van der Waals surface area contributed by atoms with Crippen LogP contribution in [0.25, 0.3) is 0 Å². The van der Waals surface area contributed by atoms with Gasteiger partial charge in [0.15, 0.2) is 11.5 Å². The number of hydrogen-bond donors (Lipinski definition) is 0. The number of carbonyl (C=O) groups excluding carboxylic acids is 1. The van der Waals surface area contributed by atoms with Crippen molar-refractivity contribution >= 4 is 21.7 Å². The van der Waals surface area contributed by atoms with Crippen molar-refractivity contribution in [2.75, 3.05) is 20.3 Å². The molecule has 1 aromatic rings. The van der Waals surface area contributed by atoms with E-state index >= 15 is 0 Å². The van der Waals surface area contributed by atoms with E-state index in [1.54, 1.807) is 14.0 Å². The van der Waals surface area contributed by atoms with Crippen LogP contribution in [0.4, 0.5) is 0 Å². The van der Waals surface area contributed by atoms with Crippen molar-refractivity contribution in [2.45, 2.75) is 19.8 Å². The van der Waals surface area contributed by atoms with Crippen LogP contribution in [0, 0.1) is 0 Å². The second-order valence-corrected chi connectivity index (χ2v) is 4.98. The molecule has 5 heteroatoms. The van der Waals surface area contributed by atoms with E-state index in [4.69, 9.17) is 14.2 Å². The molecular formula is C13H15BrO4. The zero-order chi connectivity index (χ0) is 13.1. The zero-order valence-electron chi connectivity index (χ0n) is 10.4. The molecule has 98 valence electrons. The van der Waals surface area contributed by atoms with Crippen LogP contribution in [0.1, 0.15) is 18.9 Å². The third kappa shape index (κ3) is 2.61. The van der Waals surface area contributed by atoms with Crippen LogP contribution in [-0.4, -0.2) is 26.1 Å². The van der Waals surface area contributed by atoms with Gasteiger partial charge in [-0.3, -0.25) is 4.79 Å². The molecule has 0 amide bonds. The van der Waals surface area contributed by atoms with Crippen LogP contribution in [0.2, 0.25) is 0 Å². The minimum Gasteiger partial charge on any atom is -0.495 e. The number of halogens is 1. The smallest absolute Gasteiger partial charge is 0.168 e. The highest BCUT2D eigenvalue weighted by atomic mass is 79.9. The summed E-state index contributed by atoms with van der Waals surface area (Å²) in [4.78, 5) is 11.4. The summed E-state index contributed by atoms with van der Waals surface area (Å²) in [5.41, 5.74) is 0.747. The summed E-state index contributed by atoms with van der Waals surface area (Å²) in [6.45, 7) is 2.75. The van der Waals surface area contributed by atoms with Crippen molar-refractivity contribution in [3.05, 3.63) is 16.1 Å². The molecule has 2 rings (SSSR count). The van der Waals surface area contributed by atoms with Crippen LogP contribution in [-0.2, 0) is 11.2 Å². The van der Waals surface area contributed by atoms with Crippen molar-refractivity contribution in [3.63, 3.8) is 0 Å². The number of rotatable bonds is 3. The van der Waals surface area contributed by atoms with E-state index < -0.39 is 0 Å². The predicted molar refractivity (Wildman–Crippen MR) is 70.7 cm³/mol. The largest absolute Gasteiger partial charge is 0.495 e. The lowest BCUT2D eigenvalue weighted by atomic mass is 10.1. The SMILES string of the molecule is COc1c(Br)cc2c(c1CC(C)=O)OCCCO2. The molecule has 1 aliphatic rings. The first kappa shape index (κ1) is 13.2. The number of Topliss-reactive ketones (excluding diaryl/α,β-unsaturated/α-hetero) is 1. The van der Waals surface area contributed by atoms with Gasteiger partial charge in [0.2, 0.25) is 0 Å². The maximum Gasteiger partial charge on any atom is 0.168 e. The Kier molecular flexibility index (Phi) is 4.11. The number of methoxy groups -OCH3 is 1. The Balaban J connectivity index is 2.56. The van der Waals surface area contributed by atoms with Gasteiger partial charge in [0.05, 0.1) is 24.8 Å². The molecule has 1 aromatic carbocycles. The molecule has 0 N–H and O–H groups in total. The van der Waals surface area contributed by atoms with E-state index in [0.717, 1.165) is 16.5 Å². The molecule has 0 aliphatic carbocycles. The first-order valence-electron chi connectivity index (χ1n) is 5.78.